The first-order valence-corrected chi connectivity index (χ1v) is 6.36. The molecule has 0 radical (unpaired) electrons. The van der Waals surface area contributed by atoms with Gasteiger partial charge in [-0.05, 0) is 35.7 Å². The Morgan fingerprint density at radius 1 is 1.00 bits per heavy atom. The molecule has 1 atom stereocenters. The topological polar surface area (TPSA) is 0 Å². The molecule has 20 heavy (non-hydrogen) atoms. The Labute approximate surface area is 119 Å². The van der Waals surface area contributed by atoms with Crippen molar-refractivity contribution in [2.75, 3.05) is 0 Å². The van der Waals surface area contributed by atoms with Gasteiger partial charge in [-0.15, -0.1) is 11.6 Å². The third kappa shape index (κ3) is 3.51. The fraction of sp³-hybridized carbons (Fsp3) is 0.200. The van der Waals surface area contributed by atoms with Crippen LogP contribution in [0.2, 0.25) is 0 Å². The molecule has 0 aliphatic rings. The summed E-state index contributed by atoms with van der Waals surface area (Å²) >= 11 is 6.08. The molecule has 0 bridgehead atoms. The Bertz CT molecular complexity index is 592. The maximum atomic E-state index is 13.1. The van der Waals surface area contributed by atoms with Crippen molar-refractivity contribution in [3.63, 3.8) is 0 Å². The highest BCUT2D eigenvalue weighted by molar-refractivity contribution is 6.21. The molecule has 106 valence electrons. The minimum Gasteiger partial charge on any atom is -0.207 e. The summed E-state index contributed by atoms with van der Waals surface area (Å²) in [6, 6.07) is 10.8. The maximum absolute atomic E-state index is 13.1. The Balaban J connectivity index is 2.28. The average molecular weight is 303 g/mol. The first-order valence-electron chi connectivity index (χ1n) is 5.92. The molecule has 0 aromatic heterocycles. The van der Waals surface area contributed by atoms with E-state index in [1.165, 1.54) is 36.4 Å². The molecule has 0 nitrogen and oxygen atoms in total. The third-order valence-electron chi connectivity index (χ3n) is 2.91. The van der Waals surface area contributed by atoms with Crippen molar-refractivity contribution < 1.29 is 17.6 Å². The number of alkyl halides is 4. The predicted octanol–water partition coefficient (Wildman–Crippen LogP) is 5.37. The summed E-state index contributed by atoms with van der Waals surface area (Å²) in [5, 5.41) is -0.866. The zero-order chi connectivity index (χ0) is 14.8. The number of benzene rings is 2. The lowest BCUT2D eigenvalue weighted by molar-refractivity contribution is -0.138. The van der Waals surface area contributed by atoms with Crippen LogP contribution < -0.4 is 0 Å². The minimum atomic E-state index is -4.45. The highest BCUT2D eigenvalue weighted by Crippen LogP contribution is 2.37. The SMILES string of the molecule is Fc1cccc(CC(Cl)c2ccccc2C(F)(F)F)c1. The van der Waals surface area contributed by atoms with Gasteiger partial charge in [0.2, 0.25) is 0 Å². The fourth-order valence-electron chi connectivity index (χ4n) is 2.01. The standard InChI is InChI=1S/C15H11ClF4/c16-14(9-10-4-3-5-11(17)8-10)12-6-1-2-7-13(12)15(18,19)20/h1-8,14H,9H2. The van der Waals surface area contributed by atoms with Gasteiger partial charge in [-0.25, -0.2) is 4.39 Å². The molecular weight excluding hydrogens is 292 g/mol. The molecular formula is C15H11ClF4. The molecule has 0 aliphatic heterocycles. The summed E-state index contributed by atoms with van der Waals surface area (Å²) in [5.74, 6) is -0.435. The second kappa shape index (κ2) is 5.83. The van der Waals surface area contributed by atoms with E-state index in [9.17, 15) is 17.6 Å². The quantitative estimate of drug-likeness (QED) is 0.528. The van der Waals surface area contributed by atoms with Gasteiger partial charge in [-0.3, -0.25) is 0 Å². The van der Waals surface area contributed by atoms with E-state index in [1.54, 1.807) is 6.07 Å². The minimum absolute atomic E-state index is 0.00549. The van der Waals surface area contributed by atoms with E-state index in [0.717, 1.165) is 6.07 Å². The number of hydrogen-bond donors (Lipinski definition) is 0. The van der Waals surface area contributed by atoms with Crippen LogP contribution in [-0.4, -0.2) is 0 Å². The van der Waals surface area contributed by atoms with Gasteiger partial charge in [0.15, 0.2) is 0 Å². The van der Waals surface area contributed by atoms with Crippen LogP contribution in [0.3, 0.4) is 0 Å². The van der Waals surface area contributed by atoms with Gasteiger partial charge >= 0.3 is 6.18 Å². The largest absolute Gasteiger partial charge is 0.416 e. The summed E-state index contributed by atoms with van der Waals surface area (Å²) in [5.41, 5.74) is -0.190. The molecule has 2 aromatic carbocycles. The highest BCUT2D eigenvalue weighted by atomic mass is 35.5. The number of rotatable bonds is 3. The van der Waals surface area contributed by atoms with Gasteiger partial charge in [0.25, 0.3) is 0 Å². The summed E-state index contributed by atoms with van der Waals surface area (Å²) in [6.45, 7) is 0. The fourth-order valence-corrected chi connectivity index (χ4v) is 2.38. The van der Waals surface area contributed by atoms with Crippen molar-refractivity contribution in [2.24, 2.45) is 0 Å². The van der Waals surface area contributed by atoms with Gasteiger partial charge in [0.05, 0.1) is 10.9 Å². The van der Waals surface area contributed by atoms with Crippen LogP contribution in [0.1, 0.15) is 22.1 Å². The molecule has 0 heterocycles. The van der Waals surface area contributed by atoms with Crippen molar-refractivity contribution in [3.05, 3.63) is 71.0 Å². The number of hydrogen-bond acceptors (Lipinski definition) is 0. The average Bonchev–Trinajstić information content (AvgIpc) is 2.37. The normalized spacial score (nSPS) is 13.2. The molecule has 0 fully saturated rings. The van der Waals surface area contributed by atoms with E-state index >= 15 is 0 Å². The lowest BCUT2D eigenvalue weighted by Crippen LogP contribution is -2.11. The Hall–Kier alpha value is -1.55. The van der Waals surface area contributed by atoms with Crippen LogP contribution in [0, 0.1) is 5.82 Å². The van der Waals surface area contributed by atoms with Crippen molar-refractivity contribution in [1.82, 2.24) is 0 Å². The van der Waals surface area contributed by atoms with E-state index in [0.29, 0.717) is 5.56 Å². The second-order valence-corrected chi connectivity index (χ2v) is 4.91. The smallest absolute Gasteiger partial charge is 0.207 e. The number of halogens is 5. The monoisotopic (exact) mass is 302 g/mol. The molecule has 0 saturated carbocycles. The van der Waals surface area contributed by atoms with Crippen molar-refractivity contribution >= 4 is 11.6 Å². The zero-order valence-corrected chi connectivity index (χ0v) is 11.0. The Morgan fingerprint density at radius 3 is 2.35 bits per heavy atom. The van der Waals surface area contributed by atoms with Gasteiger partial charge in [-0.1, -0.05) is 30.3 Å². The highest BCUT2D eigenvalue weighted by Gasteiger charge is 2.34. The third-order valence-corrected chi connectivity index (χ3v) is 3.30. The molecule has 0 spiro atoms. The van der Waals surface area contributed by atoms with E-state index in [2.05, 4.69) is 0 Å². The summed E-state index contributed by atoms with van der Waals surface area (Å²) < 4.78 is 51.7. The summed E-state index contributed by atoms with van der Waals surface area (Å²) in [7, 11) is 0. The van der Waals surface area contributed by atoms with E-state index in [4.69, 9.17) is 11.6 Å². The van der Waals surface area contributed by atoms with Crippen LogP contribution in [0.4, 0.5) is 17.6 Å². The van der Waals surface area contributed by atoms with Crippen molar-refractivity contribution in [1.29, 1.82) is 0 Å². The Kier molecular flexibility index (Phi) is 4.33. The molecule has 5 heteroatoms. The van der Waals surface area contributed by atoms with E-state index in [1.807, 2.05) is 0 Å². The molecule has 0 amide bonds. The van der Waals surface area contributed by atoms with Crippen LogP contribution in [-0.2, 0) is 12.6 Å². The van der Waals surface area contributed by atoms with E-state index < -0.39 is 22.9 Å². The van der Waals surface area contributed by atoms with Crippen LogP contribution in [0.5, 0.6) is 0 Å². The van der Waals surface area contributed by atoms with Gasteiger partial charge in [0.1, 0.15) is 5.82 Å². The van der Waals surface area contributed by atoms with Gasteiger partial charge < -0.3 is 0 Å². The van der Waals surface area contributed by atoms with Crippen LogP contribution >= 0.6 is 11.6 Å². The van der Waals surface area contributed by atoms with Crippen molar-refractivity contribution in [3.8, 4) is 0 Å². The molecule has 0 N–H and O–H groups in total. The molecule has 0 aliphatic carbocycles. The molecule has 0 saturated heterocycles. The lowest BCUT2D eigenvalue weighted by Gasteiger charge is -2.17. The molecule has 2 rings (SSSR count). The van der Waals surface area contributed by atoms with Gasteiger partial charge in [-0.2, -0.15) is 13.2 Å². The summed E-state index contributed by atoms with van der Waals surface area (Å²) in [6.07, 6.45) is -4.32. The zero-order valence-electron chi connectivity index (χ0n) is 10.3. The van der Waals surface area contributed by atoms with E-state index in [-0.39, 0.29) is 12.0 Å². The molecule has 2 aromatic rings. The summed E-state index contributed by atoms with van der Waals surface area (Å²) in [4.78, 5) is 0. The maximum Gasteiger partial charge on any atom is 0.416 e. The Morgan fingerprint density at radius 2 is 1.70 bits per heavy atom. The predicted molar refractivity (Wildman–Crippen MR) is 70.1 cm³/mol. The molecule has 1 unspecified atom stereocenters. The van der Waals surface area contributed by atoms with Crippen LogP contribution in [0.25, 0.3) is 0 Å². The lowest BCUT2D eigenvalue weighted by atomic mass is 9.99. The second-order valence-electron chi connectivity index (χ2n) is 4.39. The van der Waals surface area contributed by atoms with Crippen molar-refractivity contribution in [2.45, 2.75) is 18.0 Å². The van der Waals surface area contributed by atoms with Gasteiger partial charge in [0, 0.05) is 0 Å². The first-order chi connectivity index (χ1) is 9.38. The first kappa shape index (κ1) is 14.9. The van der Waals surface area contributed by atoms with Crippen LogP contribution in [0.15, 0.2) is 48.5 Å².